The second kappa shape index (κ2) is 5.84. The molecule has 0 radical (unpaired) electrons. The first-order valence-electron chi connectivity index (χ1n) is 7.22. The molecule has 20 heavy (non-hydrogen) atoms. The van der Waals surface area contributed by atoms with E-state index in [9.17, 15) is 4.79 Å². The second-order valence-electron chi connectivity index (χ2n) is 5.24. The Morgan fingerprint density at radius 1 is 0.950 bits per heavy atom. The Morgan fingerprint density at radius 2 is 1.70 bits per heavy atom. The fourth-order valence-electron chi connectivity index (χ4n) is 2.92. The van der Waals surface area contributed by atoms with Gasteiger partial charge in [-0.1, -0.05) is 37.1 Å². The summed E-state index contributed by atoms with van der Waals surface area (Å²) in [6.07, 6.45) is 4.36. The van der Waals surface area contributed by atoms with E-state index in [-0.39, 0.29) is 5.91 Å². The maximum atomic E-state index is 12.5. The van der Waals surface area contributed by atoms with Crippen molar-refractivity contribution >= 4 is 34.0 Å². The first-order chi connectivity index (χ1) is 9.83. The van der Waals surface area contributed by atoms with Crippen LogP contribution in [0.3, 0.4) is 0 Å². The minimum atomic E-state index is 0.147. The van der Waals surface area contributed by atoms with Crippen LogP contribution in [0.4, 0.5) is 5.69 Å². The van der Waals surface area contributed by atoms with Crippen molar-refractivity contribution in [2.75, 3.05) is 17.3 Å². The third-order valence-electron chi connectivity index (χ3n) is 3.91. The third kappa shape index (κ3) is 2.29. The molecule has 2 aromatic carbocycles. The van der Waals surface area contributed by atoms with Crippen LogP contribution in [0.1, 0.15) is 36.0 Å². The van der Waals surface area contributed by atoms with Gasteiger partial charge in [-0.25, -0.2) is 0 Å². The van der Waals surface area contributed by atoms with Crippen LogP contribution in [0.15, 0.2) is 36.4 Å². The predicted octanol–water partition coefficient (Wildman–Crippen LogP) is 4.60. The van der Waals surface area contributed by atoms with Gasteiger partial charge in [0, 0.05) is 23.4 Å². The van der Waals surface area contributed by atoms with Crippen molar-refractivity contribution in [1.29, 1.82) is 0 Å². The molecule has 104 valence electrons. The van der Waals surface area contributed by atoms with E-state index in [1.165, 1.54) is 0 Å². The van der Waals surface area contributed by atoms with Crippen LogP contribution in [-0.4, -0.2) is 18.3 Å². The number of rotatable bonds is 6. The molecule has 1 aliphatic rings. The maximum Gasteiger partial charge on any atom is 0.258 e. The summed E-state index contributed by atoms with van der Waals surface area (Å²) in [6.45, 7) is 0.801. The largest absolute Gasteiger partial charge is 0.308 e. The number of amides is 1. The van der Waals surface area contributed by atoms with Crippen molar-refractivity contribution in [2.45, 2.75) is 25.7 Å². The van der Waals surface area contributed by atoms with Crippen LogP contribution >= 0.6 is 11.6 Å². The Balaban J connectivity index is 1.79. The molecule has 0 saturated heterocycles. The Labute approximate surface area is 124 Å². The molecule has 2 nitrogen and oxygen atoms in total. The number of carbonyl (C=O) groups is 1. The van der Waals surface area contributed by atoms with Crippen molar-refractivity contribution in [3.05, 3.63) is 42.0 Å². The van der Waals surface area contributed by atoms with E-state index in [2.05, 4.69) is 18.2 Å². The topological polar surface area (TPSA) is 20.3 Å². The number of hydrogen-bond donors (Lipinski definition) is 0. The molecule has 0 N–H and O–H groups in total. The van der Waals surface area contributed by atoms with E-state index >= 15 is 0 Å². The van der Waals surface area contributed by atoms with Gasteiger partial charge in [-0.3, -0.25) is 4.79 Å². The molecule has 3 heteroatoms. The Hall–Kier alpha value is -1.54. The number of benzene rings is 2. The number of anilines is 1. The molecule has 3 rings (SSSR count). The van der Waals surface area contributed by atoms with Gasteiger partial charge in [0.05, 0.1) is 5.69 Å². The van der Waals surface area contributed by atoms with Crippen LogP contribution in [-0.2, 0) is 0 Å². The highest BCUT2D eigenvalue weighted by atomic mass is 35.5. The van der Waals surface area contributed by atoms with Gasteiger partial charge < -0.3 is 4.90 Å². The third-order valence-corrected chi connectivity index (χ3v) is 4.18. The van der Waals surface area contributed by atoms with E-state index in [0.717, 1.165) is 60.1 Å². The number of halogens is 1. The van der Waals surface area contributed by atoms with E-state index in [1.54, 1.807) is 0 Å². The summed E-state index contributed by atoms with van der Waals surface area (Å²) in [4.78, 5) is 14.4. The molecule has 1 aliphatic heterocycles. The molecule has 0 saturated carbocycles. The smallest absolute Gasteiger partial charge is 0.258 e. The Kier molecular flexibility index (Phi) is 3.93. The first kappa shape index (κ1) is 13.4. The average molecular weight is 288 g/mol. The van der Waals surface area contributed by atoms with Gasteiger partial charge in [-0.05, 0) is 30.4 Å². The molecule has 2 aromatic rings. The van der Waals surface area contributed by atoms with Gasteiger partial charge in [0.15, 0.2) is 0 Å². The molecule has 1 heterocycles. The van der Waals surface area contributed by atoms with E-state index in [0.29, 0.717) is 0 Å². The number of unbranched alkanes of at least 4 members (excludes halogenated alkanes) is 3. The van der Waals surface area contributed by atoms with Gasteiger partial charge in [0.2, 0.25) is 0 Å². The highest BCUT2D eigenvalue weighted by molar-refractivity contribution is 6.24. The van der Waals surface area contributed by atoms with Gasteiger partial charge in [-0.2, -0.15) is 0 Å². The molecule has 1 amide bonds. The normalized spacial score (nSPS) is 13.4. The van der Waals surface area contributed by atoms with E-state index in [4.69, 9.17) is 11.6 Å². The number of nitrogens with zero attached hydrogens (tertiary/aromatic N) is 1. The van der Waals surface area contributed by atoms with Crippen LogP contribution in [0, 0.1) is 0 Å². The highest BCUT2D eigenvalue weighted by Gasteiger charge is 2.28. The zero-order chi connectivity index (χ0) is 13.9. The lowest BCUT2D eigenvalue weighted by Gasteiger charge is -2.17. The SMILES string of the molecule is O=C1c2cccc3cccc(c23)N1CCCCCCCl. The van der Waals surface area contributed by atoms with Crippen LogP contribution < -0.4 is 4.90 Å². The molecule has 0 atom stereocenters. The lowest BCUT2D eigenvalue weighted by molar-refractivity contribution is 0.0992. The van der Waals surface area contributed by atoms with Crippen LogP contribution in [0.25, 0.3) is 10.8 Å². The summed E-state index contributed by atoms with van der Waals surface area (Å²) in [5.41, 5.74) is 1.92. The van der Waals surface area contributed by atoms with Crippen LogP contribution in [0.5, 0.6) is 0 Å². The minimum Gasteiger partial charge on any atom is -0.308 e. The van der Waals surface area contributed by atoms with Gasteiger partial charge in [0.25, 0.3) is 5.91 Å². The fraction of sp³-hybridized carbons (Fsp3) is 0.353. The van der Waals surface area contributed by atoms with Gasteiger partial charge in [-0.15, -0.1) is 11.6 Å². The number of carbonyl (C=O) groups excluding carboxylic acids is 1. The molecule has 0 unspecified atom stereocenters. The zero-order valence-electron chi connectivity index (χ0n) is 11.4. The fourth-order valence-corrected chi connectivity index (χ4v) is 3.11. The summed E-state index contributed by atoms with van der Waals surface area (Å²) in [5.74, 6) is 0.877. The monoisotopic (exact) mass is 287 g/mol. The zero-order valence-corrected chi connectivity index (χ0v) is 12.2. The predicted molar refractivity (Wildman–Crippen MR) is 84.8 cm³/mol. The first-order valence-corrected chi connectivity index (χ1v) is 7.76. The summed E-state index contributed by atoms with van der Waals surface area (Å²) in [6, 6.07) is 12.1. The van der Waals surface area contributed by atoms with Crippen molar-refractivity contribution < 1.29 is 4.79 Å². The Morgan fingerprint density at radius 3 is 2.50 bits per heavy atom. The van der Waals surface area contributed by atoms with E-state index in [1.807, 2.05) is 23.1 Å². The highest BCUT2D eigenvalue weighted by Crippen LogP contribution is 2.37. The Bertz CT molecular complexity index is 633. The minimum absolute atomic E-state index is 0.147. The van der Waals surface area contributed by atoms with Crippen molar-refractivity contribution in [3.8, 4) is 0 Å². The molecule has 0 aliphatic carbocycles. The molecule has 0 aromatic heterocycles. The summed E-state index contributed by atoms with van der Waals surface area (Å²) < 4.78 is 0. The molecule has 0 spiro atoms. The summed E-state index contributed by atoms with van der Waals surface area (Å²) in [5, 5.41) is 2.26. The lowest BCUT2D eigenvalue weighted by Crippen LogP contribution is -2.27. The van der Waals surface area contributed by atoms with Gasteiger partial charge >= 0.3 is 0 Å². The molecular formula is C17H18ClNO. The van der Waals surface area contributed by atoms with Crippen molar-refractivity contribution in [3.63, 3.8) is 0 Å². The standard InChI is InChI=1S/C17H18ClNO/c18-11-3-1-2-4-12-19-15-10-6-8-13-7-5-9-14(16(13)15)17(19)20/h5-10H,1-4,11-12H2. The van der Waals surface area contributed by atoms with Crippen molar-refractivity contribution in [1.82, 2.24) is 0 Å². The second-order valence-corrected chi connectivity index (χ2v) is 5.62. The van der Waals surface area contributed by atoms with Crippen molar-refractivity contribution in [2.24, 2.45) is 0 Å². The number of hydrogen-bond acceptors (Lipinski definition) is 1. The van der Waals surface area contributed by atoms with Crippen LogP contribution in [0.2, 0.25) is 0 Å². The quantitative estimate of drug-likeness (QED) is 0.562. The summed E-state index contributed by atoms with van der Waals surface area (Å²) >= 11 is 5.68. The van der Waals surface area contributed by atoms with E-state index < -0.39 is 0 Å². The molecule has 0 fully saturated rings. The number of alkyl halides is 1. The maximum absolute atomic E-state index is 12.5. The molecular weight excluding hydrogens is 270 g/mol. The summed E-state index contributed by atoms with van der Waals surface area (Å²) in [7, 11) is 0. The lowest BCUT2D eigenvalue weighted by atomic mass is 10.1. The average Bonchev–Trinajstić information content (AvgIpc) is 2.75. The molecule has 0 bridgehead atoms. The van der Waals surface area contributed by atoms with Gasteiger partial charge in [0.1, 0.15) is 0 Å².